The predicted octanol–water partition coefficient (Wildman–Crippen LogP) is 3.01. The van der Waals surface area contributed by atoms with Crippen molar-refractivity contribution in [1.29, 1.82) is 0 Å². The highest BCUT2D eigenvalue weighted by molar-refractivity contribution is 6.34. The molecule has 0 saturated heterocycles. The van der Waals surface area contributed by atoms with E-state index in [2.05, 4.69) is 11.9 Å². The lowest BCUT2D eigenvalue weighted by molar-refractivity contribution is 0.471. The second kappa shape index (κ2) is 4.85. The first-order chi connectivity index (χ1) is 7.70. The zero-order chi connectivity index (χ0) is 11.5. The molecule has 0 spiro atoms. The molecule has 16 heavy (non-hydrogen) atoms. The number of benzene rings is 1. The van der Waals surface area contributed by atoms with Crippen LogP contribution in [-0.4, -0.2) is 11.5 Å². The Hall–Kier alpha value is -1.06. The quantitative estimate of drug-likeness (QED) is 0.891. The van der Waals surface area contributed by atoms with Gasteiger partial charge in [-0.15, -0.1) is 0 Å². The van der Waals surface area contributed by atoms with Gasteiger partial charge in [-0.25, -0.2) is 4.98 Å². The van der Waals surface area contributed by atoms with Crippen molar-refractivity contribution in [3.8, 4) is 0 Å². The van der Waals surface area contributed by atoms with Gasteiger partial charge in [0.15, 0.2) is 11.5 Å². The summed E-state index contributed by atoms with van der Waals surface area (Å²) in [6.07, 6.45) is 1.80. The molecule has 0 aliphatic carbocycles. The van der Waals surface area contributed by atoms with Crippen molar-refractivity contribution >= 4 is 22.7 Å². The van der Waals surface area contributed by atoms with E-state index >= 15 is 0 Å². The molecule has 2 aromatic rings. The van der Waals surface area contributed by atoms with Gasteiger partial charge < -0.3 is 10.2 Å². The molecule has 1 aromatic carbocycles. The standard InChI is InChI=1S/C12H15ClN2O/c1-8(7-14)5-6-11-15-10-4-2-3-9(13)12(10)16-11/h2-4,8H,5-7,14H2,1H3. The lowest BCUT2D eigenvalue weighted by Crippen LogP contribution is -2.11. The average molecular weight is 239 g/mol. The Balaban J connectivity index is 2.17. The molecule has 2 N–H and O–H groups in total. The molecule has 0 saturated carbocycles. The Kier molecular flexibility index (Phi) is 3.46. The summed E-state index contributed by atoms with van der Waals surface area (Å²) in [6, 6.07) is 5.58. The molecule has 0 radical (unpaired) electrons. The number of rotatable bonds is 4. The SMILES string of the molecule is CC(CN)CCc1nc2cccc(Cl)c2o1. The Morgan fingerprint density at radius 1 is 1.50 bits per heavy atom. The molecule has 3 nitrogen and oxygen atoms in total. The van der Waals surface area contributed by atoms with E-state index in [9.17, 15) is 0 Å². The average Bonchev–Trinajstić information content (AvgIpc) is 2.70. The van der Waals surface area contributed by atoms with Crippen molar-refractivity contribution in [1.82, 2.24) is 4.98 Å². The zero-order valence-electron chi connectivity index (χ0n) is 9.24. The van der Waals surface area contributed by atoms with Crippen LogP contribution in [0, 0.1) is 5.92 Å². The summed E-state index contributed by atoms with van der Waals surface area (Å²) < 4.78 is 5.61. The number of fused-ring (bicyclic) bond motifs is 1. The van der Waals surface area contributed by atoms with E-state index in [1.54, 1.807) is 6.07 Å². The van der Waals surface area contributed by atoms with Crippen LogP contribution < -0.4 is 5.73 Å². The zero-order valence-corrected chi connectivity index (χ0v) is 10.00. The molecular formula is C12H15ClN2O. The van der Waals surface area contributed by atoms with Crippen molar-refractivity contribution in [2.75, 3.05) is 6.54 Å². The van der Waals surface area contributed by atoms with E-state index in [1.165, 1.54) is 0 Å². The van der Waals surface area contributed by atoms with E-state index in [0.717, 1.165) is 24.2 Å². The van der Waals surface area contributed by atoms with E-state index in [-0.39, 0.29) is 0 Å². The summed E-state index contributed by atoms with van der Waals surface area (Å²) in [5.41, 5.74) is 7.07. The van der Waals surface area contributed by atoms with Gasteiger partial charge in [0.05, 0.1) is 5.02 Å². The van der Waals surface area contributed by atoms with Crippen molar-refractivity contribution in [3.05, 3.63) is 29.1 Å². The minimum absolute atomic E-state index is 0.491. The van der Waals surface area contributed by atoms with Crippen LogP contribution in [-0.2, 0) is 6.42 Å². The second-order valence-electron chi connectivity index (χ2n) is 4.08. The van der Waals surface area contributed by atoms with Gasteiger partial charge in [0, 0.05) is 6.42 Å². The van der Waals surface area contributed by atoms with Gasteiger partial charge in [0.2, 0.25) is 0 Å². The summed E-state index contributed by atoms with van der Waals surface area (Å²) >= 11 is 6.01. The van der Waals surface area contributed by atoms with Gasteiger partial charge in [-0.1, -0.05) is 24.6 Å². The summed E-state index contributed by atoms with van der Waals surface area (Å²) in [4.78, 5) is 4.39. The maximum absolute atomic E-state index is 6.01. The monoisotopic (exact) mass is 238 g/mol. The summed E-state index contributed by atoms with van der Waals surface area (Å²) in [5.74, 6) is 1.23. The van der Waals surface area contributed by atoms with E-state index in [0.29, 0.717) is 23.1 Å². The molecule has 86 valence electrons. The maximum Gasteiger partial charge on any atom is 0.195 e. The largest absolute Gasteiger partial charge is 0.439 e. The number of para-hydroxylation sites is 1. The normalized spacial score (nSPS) is 13.2. The van der Waals surface area contributed by atoms with Crippen molar-refractivity contribution in [2.24, 2.45) is 11.7 Å². The molecule has 1 atom stereocenters. The van der Waals surface area contributed by atoms with Crippen LogP contribution in [0.15, 0.2) is 22.6 Å². The fourth-order valence-corrected chi connectivity index (χ4v) is 1.76. The number of nitrogens with two attached hydrogens (primary N) is 1. The summed E-state index contributed by atoms with van der Waals surface area (Å²) in [5, 5.41) is 0.614. The Bertz CT molecular complexity index is 481. The van der Waals surface area contributed by atoms with E-state index in [4.69, 9.17) is 21.8 Å². The van der Waals surface area contributed by atoms with Crippen LogP contribution in [0.25, 0.3) is 11.1 Å². The first-order valence-electron chi connectivity index (χ1n) is 5.44. The summed E-state index contributed by atoms with van der Waals surface area (Å²) in [6.45, 7) is 2.82. The molecule has 0 amide bonds. The van der Waals surface area contributed by atoms with Crippen LogP contribution in [0.4, 0.5) is 0 Å². The fraction of sp³-hybridized carbons (Fsp3) is 0.417. The first-order valence-corrected chi connectivity index (χ1v) is 5.82. The lowest BCUT2D eigenvalue weighted by Gasteiger charge is -2.04. The number of oxazole rings is 1. The summed E-state index contributed by atoms with van der Waals surface area (Å²) in [7, 11) is 0. The molecule has 0 bridgehead atoms. The van der Waals surface area contributed by atoms with Gasteiger partial charge in [0.1, 0.15) is 5.52 Å². The Morgan fingerprint density at radius 3 is 3.00 bits per heavy atom. The highest BCUT2D eigenvalue weighted by Crippen LogP contribution is 2.24. The highest BCUT2D eigenvalue weighted by Gasteiger charge is 2.09. The van der Waals surface area contributed by atoms with Crippen molar-refractivity contribution in [2.45, 2.75) is 19.8 Å². The molecular weight excluding hydrogens is 224 g/mol. The number of aromatic nitrogens is 1. The molecule has 0 aliphatic heterocycles. The minimum Gasteiger partial charge on any atom is -0.439 e. The first kappa shape index (κ1) is 11.4. The van der Waals surface area contributed by atoms with Crippen LogP contribution in [0.2, 0.25) is 5.02 Å². The van der Waals surface area contributed by atoms with Gasteiger partial charge in [-0.3, -0.25) is 0 Å². The second-order valence-corrected chi connectivity index (χ2v) is 4.48. The fourth-order valence-electron chi connectivity index (χ4n) is 1.56. The predicted molar refractivity (Wildman–Crippen MR) is 65.6 cm³/mol. The smallest absolute Gasteiger partial charge is 0.195 e. The third-order valence-corrected chi connectivity index (χ3v) is 2.96. The number of hydrogen-bond donors (Lipinski definition) is 1. The Morgan fingerprint density at radius 2 is 2.31 bits per heavy atom. The van der Waals surface area contributed by atoms with Crippen LogP contribution in [0.1, 0.15) is 19.2 Å². The minimum atomic E-state index is 0.491. The molecule has 1 unspecified atom stereocenters. The van der Waals surface area contributed by atoms with E-state index < -0.39 is 0 Å². The maximum atomic E-state index is 6.01. The topological polar surface area (TPSA) is 52.0 Å². The van der Waals surface area contributed by atoms with Gasteiger partial charge >= 0.3 is 0 Å². The van der Waals surface area contributed by atoms with Crippen LogP contribution in [0.3, 0.4) is 0 Å². The molecule has 4 heteroatoms. The molecule has 2 rings (SSSR count). The molecule has 0 aliphatic rings. The third-order valence-electron chi connectivity index (χ3n) is 2.66. The van der Waals surface area contributed by atoms with Crippen molar-refractivity contribution < 1.29 is 4.42 Å². The Labute approximate surface area is 99.6 Å². The molecule has 1 aromatic heterocycles. The number of nitrogens with zero attached hydrogens (tertiary/aromatic N) is 1. The number of hydrogen-bond acceptors (Lipinski definition) is 3. The van der Waals surface area contributed by atoms with Crippen LogP contribution in [0.5, 0.6) is 0 Å². The molecule has 0 fully saturated rings. The number of halogens is 1. The van der Waals surface area contributed by atoms with Crippen LogP contribution >= 0.6 is 11.6 Å². The number of aryl methyl sites for hydroxylation is 1. The molecule has 1 heterocycles. The van der Waals surface area contributed by atoms with Gasteiger partial charge in [-0.2, -0.15) is 0 Å². The van der Waals surface area contributed by atoms with E-state index in [1.807, 2.05) is 12.1 Å². The van der Waals surface area contributed by atoms with Gasteiger partial charge in [0.25, 0.3) is 0 Å². The third kappa shape index (κ3) is 2.36. The highest BCUT2D eigenvalue weighted by atomic mass is 35.5. The van der Waals surface area contributed by atoms with Gasteiger partial charge in [-0.05, 0) is 31.0 Å². The van der Waals surface area contributed by atoms with Crippen molar-refractivity contribution in [3.63, 3.8) is 0 Å². The lowest BCUT2D eigenvalue weighted by atomic mass is 10.1.